The number of aryl methyl sites for hydroxylation is 1. The number of nitrogens with one attached hydrogen (secondary N) is 1. The third-order valence-corrected chi connectivity index (χ3v) is 7.39. The Labute approximate surface area is 233 Å². The number of sulfonamides is 1. The summed E-state index contributed by atoms with van der Waals surface area (Å²) in [4.78, 5) is 12.5. The van der Waals surface area contributed by atoms with Gasteiger partial charge in [0.1, 0.15) is 12.4 Å². The second-order valence-electron chi connectivity index (χ2n) is 8.95. The number of rotatable bonds is 10. The molecule has 0 saturated carbocycles. The molecule has 4 aromatic rings. The van der Waals surface area contributed by atoms with Gasteiger partial charge in [0.05, 0.1) is 24.7 Å². The van der Waals surface area contributed by atoms with Gasteiger partial charge in [-0.1, -0.05) is 59.6 Å². The molecule has 4 rings (SSSR count). The highest BCUT2D eigenvalue weighted by Gasteiger charge is 2.18. The summed E-state index contributed by atoms with van der Waals surface area (Å²) in [5.41, 5.74) is 6.94. The molecule has 4 aromatic carbocycles. The summed E-state index contributed by atoms with van der Waals surface area (Å²) in [6, 6.07) is 28.8. The van der Waals surface area contributed by atoms with Gasteiger partial charge in [0, 0.05) is 16.1 Å². The Morgan fingerprint density at radius 2 is 1.62 bits per heavy atom. The normalized spacial score (nSPS) is 11.4. The van der Waals surface area contributed by atoms with E-state index in [0.29, 0.717) is 28.6 Å². The predicted molar refractivity (Wildman–Crippen MR) is 156 cm³/mol. The van der Waals surface area contributed by atoms with Crippen LogP contribution in [0.15, 0.2) is 102 Å². The Balaban J connectivity index is 1.33. The summed E-state index contributed by atoms with van der Waals surface area (Å²) >= 11 is 6.16. The highest BCUT2D eigenvalue weighted by molar-refractivity contribution is 7.92. The Morgan fingerprint density at radius 3 is 2.26 bits per heavy atom. The van der Waals surface area contributed by atoms with Gasteiger partial charge in [0.25, 0.3) is 5.91 Å². The van der Waals surface area contributed by atoms with Crippen LogP contribution < -0.4 is 14.5 Å². The molecule has 9 heteroatoms. The minimum absolute atomic E-state index is 0.193. The fraction of sp³-hybridized carbons (Fsp3) is 0.133. The van der Waals surface area contributed by atoms with Crippen LogP contribution in [0.25, 0.3) is 0 Å². The number of anilines is 1. The van der Waals surface area contributed by atoms with Crippen molar-refractivity contribution in [2.24, 2.45) is 5.10 Å². The van der Waals surface area contributed by atoms with Gasteiger partial charge in [-0.05, 0) is 72.6 Å². The molecular weight excluding hydrogens is 534 g/mol. The van der Waals surface area contributed by atoms with Gasteiger partial charge >= 0.3 is 0 Å². The number of ether oxygens (including phenoxy) is 1. The molecule has 0 heterocycles. The van der Waals surface area contributed by atoms with Gasteiger partial charge in [-0.15, -0.1) is 0 Å². The summed E-state index contributed by atoms with van der Waals surface area (Å²) in [6.45, 7) is 2.52. The van der Waals surface area contributed by atoms with Crippen molar-refractivity contribution in [3.63, 3.8) is 0 Å². The first-order valence-electron chi connectivity index (χ1n) is 12.1. The maximum absolute atomic E-state index is 12.5. The highest BCUT2D eigenvalue weighted by atomic mass is 35.5. The zero-order valence-electron chi connectivity index (χ0n) is 21.5. The van der Waals surface area contributed by atoms with Gasteiger partial charge in [0.15, 0.2) is 0 Å². The lowest BCUT2D eigenvalue weighted by molar-refractivity contribution is 0.0955. The number of benzene rings is 4. The molecule has 0 aliphatic rings. The molecule has 0 radical (unpaired) electrons. The van der Waals surface area contributed by atoms with E-state index in [9.17, 15) is 13.2 Å². The van der Waals surface area contributed by atoms with E-state index in [-0.39, 0.29) is 6.54 Å². The van der Waals surface area contributed by atoms with E-state index in [1.807, 2.05) is 79.7 Å². The third-order valence-electron chi connectivity index (χ3n) is 5.88. The highest BCUT2D eigenvalue weighted by Crippen LogP contribution is 2.22. The molecule has 39 heavy (non-hydrogen) atoms. The van der Waals surface area contributed by atoms with Crippen LogP contribution in [0, 0.1) is 6.92 Å². The molecule has 0 aliphatic carbocycles. The molecule has 7 nitrogen and oxygen atoms in total. The van der Waals surface area contributed by atoms with Crippen molar-refractivity contribution in [1.29, 1.82) is 0 Å². The molecule has 200 valence electrons. The number of carbonyl (C=O) groups is 1. The quantitative estimate of drug-likeness (QED) is 0.191. The number of amides is 1. The Kier molecular flexibility index (Phi) is 9.01. The van der Waals surface area contributed by atoms with Gasteiger partial charge in [-0.2, -0.15) is 5.10 Å². The maximum Gasteiger partial charge on any atom is 0.271 e. The second kappa shape index (κ2) is 12.6. The molecule has 0 aliphatic heterocycles. The first-order chi connectivity index (χ1) is 18.7. The van der Waals surface area contributed by atoms with Crippen molar-refractivity contribution in [3.05, 3.63) is 130 Å². The second-order valence-corrected chi connectivity index (χ2v) is 11.3. The van der Waals surface area contributed by atoms with Crippen LogP contribution in [-0.2, 0) is 23.2 Å². The zero-order chi connectivity index (χ0) is 27.8. The molecule has 0 aromatic heterocycles. The number of hydrogen-bond acceptors (Lipinski definition) is 5. The summed E-state index contributed by atoms with van der Waals surface area (Å²) in [5.74, 6) is 0.267. The van der Waals surface area contributed by atoms with E-state index in [0.717, 1.165) is 28.5 Å². The number of hydrazone groups is 1. The molecular formula is C30H28ClN3O4S. The van der Waals surface area contributed by atoms with E-state index in [1.54, 1.807) is 24.3 Å². The molecule has 0 fully saturated rings. The first-order valence-corrected chi connectivity index (χ1v) is 14.3. The Hall–Kier alpha value is -4.14. The van der Waals surface area contributed by atoms with E-state index in [2.05, 4.69) is 10.5 Å². The van der Waals surface area contributed by atoms with Gasteiger partial charge < -0.3 is 4.74 Å². The van der Waals surface area contributed by atoms with Crippen molar-refractivity contribution in [1.82, 2.24) is 5.43 Å². The predicted octanol–water partition coefficient (Wildman–Crippen LogP) is 5.96. The van der Waals surface area contributed by atoms with Gasteiger partial charge in [0.2, 0.25) is 10.0 Å². The summed E-state index contributed by atoms with van der Waals surface area (Å²) in [6.07, 6.45) is 2.69. The van der Waals surface area contributed by atoms with E-state index in [1.165, 1.54) is 10.5 Å². The molecule has 0 unspecified atom stereocenters. The van der Waals surface area contributed by atoms with Gasteiger partial charge in [-0.3, -0.25) is 9.10 Å². The van der Waals surface area contributed by atoms with Crippen LogP contribution in [0.5, 0.6) is 5.75 Å². The SMILES string of the molecule is Cc1ccc(CN(c2ccc(C(=O)N/N=C\c3ccc(OCc4ccccc4Cl)cc3)cc2)S(C)(=O)=O)cc1. The third kappa shape index (κ3) is 7.92. The van der Waals surface area contributed by atoms with Crippen molar-refractivity contribution in [3.8, 4) is 5.75 Å². The fourth-order valence-electron chi connectivity index (χ4n) is 3.70. The number of hydrogen-bond donors (Lipinski definition) is 1. The minimum atomic E-state index is -3.53. The monoisotopic (exact) mass is 561 g/mol. The fourth-order valence-corrected chi connectivity index (χ4v) is 4.77. The average molecular weight is 562 g/mol. The van der Waals surface area contributed by atoms with Crippen LogP contribution >= 0.6 is 11.6 Å². The largest absolute Gasteiger partial charge is 0.489 e. The van der Waals surface area contributed by atoms with Crippen molar-refractivity contribution in [2.45, 2.75) is 20.1 Å². The average Bonchev–Trinajstić information content (AvgIpc) is 2.92. The summed E-state index contributed by atoms with van der Waals surface area (Å²) < 4.78 is 32.0. The van der Waals surface area contributed by atoms with Crippen LogP contribution in [0.4, 0.5) is 5.69 Å². The van der Waals surface area contributed by atoms with Gasteiger partial charge in [-0.25, -0.2) is 13.8 Å². The topological polar surface area (TPSA) is 88.1 Å². The lowest BCUT2D eigenvalue weighted by atomic mass is 10.1. The van der Waals surface area contributed by atoms with Crippen molar-refractivity contribution < 1.29 is 17.9 Å². The lowest BCUT2D eigenvalue weighted by Gasteiger charge is -2.22. The van der Waals surface area contributed by atoms with Crippen LogP contribution in [0.1, 0.15) is 32.6 Å². The summed E-state index contributed by atoms with van der Waals surface area (Å²) in [5, 5.41) is 4.68. The van der Waals surface area contributed by atoms with Crippen LogP contribution in [0.3, 0.4) is 0 Å². The smallest absolute Gasteiger partial charge is 0.271 e. The van der Waals surface area contributed by atoms with Crippen LogP contribution in [0.2, 0.25) is 5.02 Å². The molecule has 0 bridgehead atoms. The lowest BCUT2D eigenvalue weighted by Crippen LogP contribution is -2.29. The Morgan fingerprint density at radius 1 is 0.949 bits per heavy atom. The van der Waals surface area contributed by atoms with E-state index >= 15 is 0 Å². The molecule has 1 N–H and O–H groups in total. The van der Waals surface area contributed by atoms with E-state index < -0.39 is 15.9 Å². The minimum Gasteiger partial charge on any atom is -0.489 e. The summed E-state index contributed by atoms with van der Waals surface area (Å²) in [7, 11) is -3.53. The first kappa shape index (κ1) is 27.9. The van der Waals surface area contributed by atoms with Crippen molar-refractivity contribution in [2.75, 3.05) is 10.6 Å². The zero-order valence-corrected chi connectivity index (χ0v) is 23.1. The number of halogens is 1. The Bertz CT molecular complexity index is 1550. The van der Waals surface area contributed by atoms with Crippen LogP contribution in [-0.4, -0.2) is 26.8 Å². The van der Waals surface area contributed by atoms with Crippen molar-refractivity contribution >= 4 is 39.4 Å². The molecule has 0 saturated heterocycles. The number of nitrogens with zero attached hydrogens (tertiary/aromatic N) is 2. The molecule has 1 amide bonds. The molecule has 0 spiro atoms. The number of carbonyl (C=O) groups excluding carboxylic acids is 1. The molecule has 0 atom stereocenters. The standard InChI is InChI=1S/C30H28ClN3O4S/c1-22-7-9-24(10-8-22)20-34(39(2,36)37)27-15-13-25(14-16-27)30(35)33-32-19-23-11-17-28(18-12-23)38-21-26-5-3-4-6-29(26)31/h3-19H,20-21H2,1-2H3,(H,33,35)/b32-19-. The maximum atomic E-state index is 12.5. The van der Waals surface area contributed by atoms with E-state index in [4.69, 9.17) is 16.3 Å².